The van der Waals surface area contributed by atoms with E-state index in [1.807, 2.05) is 0 Å². The molecule has 1 aromatic heterocycles. The summed E-state index contributed by atoms with van der Waals surface area (Å²) in [5.74, 6) is 0.452. The van der Waals surface area contributed by atoms with Gasteiger partial charge in [-0.15, -0.1) is 0 Å². The maximum Gasteiger partial charge on any atom is 0.416 e. The summed E-state index contributed by atoms with van der Waals surface area (Å²) in [6.07, 6.45) is -2.87. The van der Waals surface area contributed by atoms with Gasteiger partial charge in [0.1, 0.15) is 5.76 Å². The van der Waals surface area contributed by atoms with Gasteiger partial charge < -0.3 is 10.3 Å². The molecule has 1 aliphatic rings. The number of aromatic nitrogens is 1. The quantitative estimate of drug-likeness (QED) is 0.873. The van der Waals surface area contributed by atoms with Crippen LogP contribution >= 0.6 is 0 Å². The molecule has 0 fully saturated rings. The number of aryl methyl sites for hydroxylation is 1. The molecule has 0 saturated heterocycles. The zero-order chi connectivity index (χ0) is 14.5. The molecule has 0 atom stereocenters. The van der Waals surface area contributed by atoms with Crippen molar-refractivity contribution < 1.29 is 17.7 Å². The molecular weight excluding hydrogens is 271 g/mol. The van der Waals surface area contributed by atoms with E-state index in [2.05, 4.69) is 10.1 Å². The molecule has 2 heterocycles. The number of alkyl halides is 3. The molecule has 2 N–H and O–H groups in total. The highest BCUT2D eigenvalue weighted by atomic mass is 19.4. The summed E-state index contributed by atoms with van der Waals surface area (Å²) in [5.41, 5.74) is 6.87. The summed E-state index contributed by atoms with van der Waals surface area (Å²) < 4.78 is 43.8. The number of nitrogens with two attached hydrogens (primary N) is 1. The number of halogens is 3. The second-order valence-corrected chi connectivity index (χ2v) is 4.56. The Hall–Kier alpha value is -2.31. The van der Waals surface area contributed by atoms with Crippen molar-refractivity contribution in [2.45, 2.75) is 19.6 Å². The zero-order valence-corrected chi connectivity index (χ0v) is 10.5. The highest BCUT2D eigenvalue weighted by Gasteiger charge is 2.33. The van der Waals surface area contributed by atoms with Gasteiger partial charge in [-0.05, 0) is 30.2 Å². The molecule has 1 aromatic carbocycles. The molecule has 0 bridgehead atoms. The average molecular weight is 281 g/mol. The third-order valence-corrected chi connectivity index (χ3v) is 3.23. The third kappa shape index (κ3) is 1.86. The van der Waals surface area contributed by atoms with E-state index in [0.717, 1.165) is 12.1 Å². The molecule has 3 rings (SSSR count). The molecule has 2 aromatic rings. The van der Waals surface area contributed by atoms with Gasteiger partial charge in [-0.25, -0.2) is 0 Å². The van der Waals surface area contributed by atoms with Gasteiger partial charge in [-0.3, -0.25) is 4.99 Å². The van der Waals surface area contributed by atoms with Crippen LogP contribution in [0.4, 0.5) is 19.0 Å². The smallest absolute Gasteiger partial charge is 0.380 e. The molecule has 4 nitrogen and oxygen atoms in total. The van der Waals surface area contributed by atoms with Crippen LogP contribution in [0, 0.1) is 6.92 Å². The molecule has 1 aliphatic heterocycles. The van der Waals surface area contributed by atoms with Crippen LogP contribution in [-0.2, 0) is 12.7 Å². The third-order valence-electron chi connectivity index (χ3n) is 3.23. The lowest BCUT2D eigenvalue weighted by atomic mass is 9.94. The lowest BCUT2D eigenvalue weighted by molar-refractivity contribution is -0.137. The fourth-order valence-corrected chi connectivity index (χ4v) is 2.32. The second-order valence-electron chi connectivity index (χ2n) is 4.56. The Morgan fingerprint density at radius 2 is 2.05 bits per heavy atom. The Morgan fingerprint density at radius 1 is 1.30 bits per heavy atom. The van der Waals surface area contributed by atoms with Crippen LogP contribution in [0.5, 0.6) is 0 Å². The van der Waals surface area contributed by atoms with E-state index in [1.54, 1.807) is 13.1 Å². The van der Waals surface area contributed by atoms with Gasteiger partial charge in [0.15, 0.2) is 5.82 Å². The maximum absolute atomic E-state index is 13.0. The van der Waals surface area contributed by atoms with Gasteiger partial charge in [0.05, 0.1) is 17.7 Å². The minimum atomic E-state index is -4.42. The standard InChI is InChI=1S/C13H10F3N3O/c1-6-11(12(17)19-20-6)9-3-8(13(14,15)16)2-7-4-18-5-10(7)9/h2-3,5H,4H2,1H3,(H2,17,19). The fraction of sp³-hybridized carbons (Fsp3) is 0.231. The van der Waals surface area contributed by atoms with Crippen molar-refractivity contribution in [3.8, 4) is 11.1 Å². The summed E-state index contributed by atoms with van der Waals surface area (Å²) in [4.78, 5) is 4.02. The minimum Gasteiger partial charge on any atom is -0.380 e. The van der Waals surface area contributed by atoms with Crippen LogP contribution in [0.3, 0.4) is 0 Å². The van der Waals surface area contributed by atoms with Gasteiger partial charge >= 0.3 is 6.18 Å². The Labute approximate surface area is 112 Å². The number of nitrogen functional groups attached to an aromatic ring is 1. The van der Waals surface area contributed by atoms with Crippen molar-refractivity contribution in [3.63, 3.8) is 0 Å². The van der Waals surface area contributed by atoms with Gasteiger partial charge in [-0.1, -0.05) is 5.16 Å². The van der Waals surface area contributed by atoms with Crippen molar-refractivity contribution in [2.75, 3.05) is 5.73 Å². The molecule has 0 saturated carbocycles. The maximum atomic E-state index is 13.0. The Bertz CT molecular complexity index is 697. The van der Waals surface area contributed by atoms with Crippen LogP contribution < -0.4 is 5.73 Å². The summed E-state index contributed by atoms with van der Waals surface area (Å²) in [7, 11) is 0. The number of fused-ring (bicyclic) bond motifs is 1. The van der Waals surface area contributed by atoms with Crippen LogP contribution in [0.1, 0.15) is 22.5 Å². The number of aliphatic imine (C=N–C) groups is 1. The first-order valence-electron chi connectivity index (χ1n) is 5.84. The van der Waals surface area contributed by atoms with E-state index in [-0.39, 0.29) is 12.4 Å². The number of rotatable bonds is 1. The highest BCUT2D eigenvalue weighted by molar-refractivity contribution is 5.96. The molecule has 0 amide bonds. The van der Waals surface area contributed by atoms with Crippen LogP contribution in [0.15, 0.2) is 21.6 Å². The molecule has 0 aliphatic carbocycles. The SMILES string of the molecule is Cc1onc(N)c1-c1cc(C(F)(F)F)cc2c1C=NC2. The minimum absolute atomic E-state index is 0.0734. The van der Waals surface area contributed by atoms with Crippen LogP contribution in [0.2, 0.25) is 0 Å². The van der Waals surface area contributed by atoms with E-state index in [9.17, 15) is 13.2 Å². The molecule has 0 spiro atoms. The van der Waals surface area contributed by atoms with Crippen molar-refractivity contribution in [1.82, 2.24) is 5.16 Å². The first kappa shape index (κ1) is 12.7. The van der Waals surface area contributed by atoms with Crippen molar-refractivity contribution in [2.24, 2.45) is 4.99 Å². The normalized spacial score (nSPS) is 13.8. The van der Waals surface area contributed by atoms with Crippen molar-refractivity contribution >= 4 is 12.0 Å². The van der Waals surface area contributed by atoms with Gasteiger partial charge in [-0.2, -0.15) is 13.2 Å². The molecule has 7 heteroatoms. The summed E-state index contributed by atoms with van der Waals surface area (Å²) in [5, 5.41) is 3.59. The predicted molar refractivity (Wildman–Crippen MR) is 67.4 cm³/mol. The lowest BCUT2D eigenvalue weighted by Gasteiger charge is -2.12. The topological polar surface area (TPSA) is 64.4 Å². The number of hydrogen-bond acceptors (Lipinski definition) is 4. The monoisotopic (exact) mass is 281 g/mol. The summed E-state index contributed by atoms with van der Waals surface area (Å²) >= 11 is 0. The van der Waals surface area contributed by atoms with Crippen LogP contribution in [0.25, 0.3) is 11.1 Å². The van der Waals surface area contributed by atoms with Crippen molar-refractivity contribution in [3.05, 3.63) is 34.6 Å². The highest BCUT2D eigenvalue weighted by Crippen LogP contribution is 2.39. The number of hydrogen-bond donors (Lipinski definition) is 1. The van der Waals surface area contributed by atoms with Gasteiger partial charge in [0.2, 0.25) is 0 Å². The second kappa shape index (κ2) is 4.09. The van der Waals surface area contributed by atoms with Gasteiger partial charge in [0.25, 0.3) is 0 Å². The van der Waals surface area contributed by atoms with E-state index >= 15 is 0 Å². The van der Waals surface area contributed by atoms with Crippen molar-refractivity contribution in [1.29, 1.82) is 0 Å². The van der Waals surface area contributed by atoms with E-state index in [1.165, 1.54) is 0 Å². The molecule has 0 unspecified atom stereocenters. The van der Waals surface area contributed by atoms with Crippen LogP contribution in [-0.4, -0.2) is 11.4 Å². The van der Waals surface area contributed by atoms with Gasteiger partial charge in [0, 0.05) is 11.8 Å². The zero-order valence-electron chi connectivity index (χ0n) is 10.5. The number of nitrogens with zero attached hydrogens (tertiary/aromatic N) is 2. The predicted octanol–water partition coefficient (Wildman–Crippen LogP) is 3.18. The number of anilines is 1. The molecule has 0 radical (unpaired) electrons. The lowest BCUT2D eigenvalue weighted by Crippen LogP contribution is -2.07. The van der Waals surface area contributed by atoms with E-state index in [4.69, 9.17) is 10.3 Å². The first-order valence-corrected chi connectivity index (χ1v) is 5.84. The summed E-state index contributed by atoms with van der Waals surface area (Å²) in [6, 6.07) is 2.18. The largest absolute Gasteiger partial charge is 0.416 e. The van der Waals surface area contributed by atoms with E-state index < -0.39 is 11.7 Å². The Balaban J connectivity index is 2.30. The molecular formula is C13H10F3N3O. The number of benzene rings is 1. The Kier molecular flexibility index (Phi) is 2.60. The molecule has 104 valence electrons. The first-order chi connectivity index (χ1) is 9.38. The molecule has 20 heavy (non-hydrogen) atoms. The Morgan fingerprint density at radius 3 is 2.65 bits per heavy atom. The summed E-state index contributed by atoms with van der Waals surface area (Å²) in [6.45, 7) is 1.84. The average Bonchev–Trinajstić information content (AvgIpc) is 2.94. The van der Waals surface area contributed by atoms with E-state index in [0.29, 0.717) is 28.0 Å². The fourth-order valence-electron chi connectivity index (χ4n) is 2.32.